The number of aliphatic carboxylic acids is 1. The second-order valence-electron chi connectivity index (χ2n) is 7.46. The molecule has 2 amide bonds. The number of nitrogens with zero attached hydrogens (tertiary/aromatic N) is 5. The van der Waals surface area contributed by atoms with E-state index in [-0.39, 0.29) is 28.3 Å². The van der Waals surface area contributed by atoms with E-state index in [2.05, 4.69) is 25.0 Å². The highest BCUT2D eigenvalue weighted by Gasteiger charge is 2.54. The lowest BCUT2D eigenvalue weighted by atomic mass is 10.0. The number of aromatic nitrogens is 3. The summed E-state index contributed by atoms with van der Waals surface area (Å²) < 4.78 is 4.64. The van der Waals surface area contributed by atoms with Gasteiger partial charge in [0.15, 0.2) is 10.8 Å². The van der Waals surface area contributed by atoms with Gasteiger partial charge in [-0.2, -0.15) is 0 Å². The first-order valence-corrected chi connectivity index (χ1v) is 13.7. The number of fused-ring (bicyclic) bond motifs is 1. The molecule has 2 aromatic rings. The van der Waals surface area contributed by atoms with Crippen LogP contribution in [0.15, 0.2) is 32.2 Å². The summed E-state index contributed by atoms with van der Waals surface area (Å²) in [7, 11) is 0. The molecule has 4 heterocycles. The molecule has 2 aromatic heterocycles. The van der Waals surface area contributed by atoms with Gasteiger partial charge in [-0.3, -0.25) is 14.5 Å². The number of carboxylic acids is 1. The molecule has 2 aliphatic heterocycles. The SMILES string of the molecule is Nc1nc(C(=NOC2CC2)C(=O)N[C@@H]2C(=O)N3C(C(=O)O)=C(CSc4cnns4)CS[C@@H]23)cs1. The van der Waals surface area contributed by atoms with Crippen LogP contribution in [0.4, 0.5) is 5.13 Å². The van der Waals surface area contributed by atoms with Gasteiger partial charge in [-0.15, -0.1) is 40.0 Å². The fourth-order valence-corrected chi connectivity index (χ4v) is 6.74. The highest BCUT2D eigenvalue weighted by Crippen LogP contribution is 2.41. The first kappa shape index (κ1) is 23.1. The summed E-state index contributed by atoms with van der Waals surface area (Å²) in [5.74, 6) is -1.50. The Hall–Kier alpha value is -2.69. The van der Waals surface area contributed by atoms with E-state index < -0.39 is 29.2 Å². The lowest BCUT2D eigenvalue weighted by Crippen LogP contribution is -2.71. The van der Waals surface area contributed by atoms with Gasteiger partial charge in [0.05, 0.1) is 6.20 Å². The van der Waals surface area contributed by atoms with Gasteiger partial charge in [-0.25, -0.2) is 9.78 Å². The maximum absolute atomic E-state index is 13.0. The number of carbonyl (C=O) groups excluding carboxylic acids is 2. The Kier molecular flexibility index (Phi) is 6.46. The zero-order valence-electron chi connectivity index (χ0n) is 17.2. The number of anilines is 1. The number of rotatable bonds is 9. The number of nitrogens with two attached hydrogens (primary N) is 1. The lowest BCUT2D eigenvalue weighted by Gasteiger charge is -2.49. The van der Waals surface area contributed by atoms with Gasteiger partial charge in [-0.05, 0) is 29.9 Å². The van der Waals surface area contributed by atoms with Crippen molar-refractivity contribution in [1.82, 2.24) is 24.8 Å². The van der Waals surface area contributed by atoms with Crippen molar-refractivity contribution < 1.29 is 24.3 Å². The van der Waals surface area contributed by atoms with Gasteiger partial charge >= 0.3 is 5.97 Å². The molecule has 1 aliphatic carbocycles. The lowest BCUT2D eigenvalue weighted by molar-refractivity contribution is -0.150. The molecule has 0 bridgehead atoms. The van der Waals surface area contributed by atoms with Crippen LogP contribution in [0.1, 0.15) is 18.5 Å². The number of thiazole rings is 1. The topological polar surface area (TPSA) is 173 Å². The third-order valence-corrected chi connectivity index (χ3v) is 9.00. The Labute approximate surface area is 209 Å². The van der Waals surface area contributed by atoms with Crippen molar-refractivity contribution in [3.05, 3.63) is 28.5 Å². The van der Waals surface area contributed by atoms with E-state index in [1.807, 2.05) is 0 Å². The van der Waals surface area contributed by atoms with Gasteiger partial charge in [0.1, 0.15) is 33.1 Å². The summed E-state index contributed by atoms with van der Waals surface area (Å²) in [5.41, 5.74) is 6.46. The number of hydrogen-bond acceptors (Lipinski definition) is 13. The third kappa shape index (κ3) is 4.62. The summed E-state index contributed by atoms with van der Waals surface area (Å²) in [5, 5.41) is 21.5. The van der Waals surface area contributed by atoms with Crippen LogP contribution < -0.4 is 11.1 Å². The molecule has 16 heteroatoms. The standard InChI is InChI=1S/C18H17N7O5S4/c19-18-21-9(6-33-18)11(23-30-8-1-2-8)14(26)22-12-15(27)25-13(17(28)29)7(5-32-16(12)25)4-31-10-3-20-24-34-10/h3,6,8,12,16H,1-2,4-5H2,(H2,19,21)(H,22,26)(H,28,29)/t12-,16+/m1/s1. The van der Waals surface area contributed by atoms with E-state index >= 15 is 0 Å². The molecular formula is C18H17N7O5S4. The van der Waals surface area contributed by atoms with Crippen molar-refractivity contribution in [2.24, 2.45) is 5.16 Å². The average Bonchev–Trinajstić information content (AvgIpc) is 3.30. The third-order valence-electron chi connectivity index (χ3n) is 5.06. The van der Waals surface area contributed by atoms with Crippen LogP contribution in [0.5, 0.6) is 0 Å². The largest absolute Gasteiger partial charge is 0.477 e. The van der Waals surface area contributed by atoms with Gasteiger partial charge in [0, 0.05) is 16.9 Å². The van der Waals surface area contributed by atoms with Crippen LogP contribution in [-0.2, 0) is 19.2 Å². The number of amides is 2. The zero-order valence-corrected chi connectivity index (χ0v) is 20.5. The molecule has 0 radical (unpaired) electrons. The summed E-state index contributed by atoms with van der Waals surface area (Å²) in [6.45, 7) is 0. The molecule has 2 atom stereocenters. The number of oxime groups is 1. The molecule has 5 rings (SSSR count). The number of nitrogen functional groups attached to an aromatic ring is 1. The van der Waals surface area contributed by atoms with Gasteiger partial charge in [-0.1, -0.05) is 9.64 Å². The molecule has 1 saturated carbocycles. The summed E-state index contributed by atoms with van der Waals surface area (Å²) in [6, 6.07) is -0.895. The second kappa shape index (κ2) is 9.52. The summed E-state index contributed by atoms with van der Waals surface area (Å²) in [4.78, 5) is 48.6. The van der Waals surface area contributed by atoms with Crippen LogP contribution in [0.2, 0.25) is 0 Å². The Morgan fingerprint density at radius 1 is 1.41 bits per heavy atom. The summed E-state index contributed by atoms with van der Waals surface area (Å²) in [6.07, 6.45) is 3.29. The molecule has 2 fully saturated rings. The van der Waals surface area contributed by atoms with Gasteiger partial charge in [0.2, 0.25) is 0 Å². The molecular weight excluding hydrogens is 523 g/mol. The van der Waals surface area contributed by atoms with Crippen LogP contribution in [-0.4, -0.2) is 77.1 Å². The highest BCUT2D eigenvalue weighted by atomic mass is 32.2. The minimum atomic E-state index is -1.18. The van der Waals surface area contributed by atoms with Crippen LogP contribution in [0, 0.1) is 0 Å². The van der Waals surface area contributed by atoms with E-state index in [4.69, 9.17) is 10.6 Å². The van der Waals surface area contributed by atoms with Crippen molar-refractivity contribution in [1.29, 1.82) is 0 Å². The number of thioether (sulfide) groups is 2. The monoisotopic (exact) mass is 539 g/mol. The first-order chi connectivity index (χ1) is 16.4. The normalized spacial score (nSPS) is 22.3. The molecule has 3 aliphatic rings. The molecule has 4 N–H and O–H groups in total. The maximum Gasteiger partial charge on any atom is 0.352 e. The minimum Gasteiger partial charge on any atom is -0.477 e. The van der Waals surface area contributed by atoms with Crippen molar-refractivity contribution in [3.63, 3.8) is 0 Å². The van der Waals surface area contributed by atoms with Crippen molar-refractivity contribution in [2.45, 2.75) is 34.6 Å². The number of carboxylic acid groups (broad SMARTS) is 1. The molecule has 1 saturated heterocycles. The molecule has 0 unspecified atom stereocenters. The summed E-state index contributed by atoms with van der Waals surface area (Å²) >= 11 is 5.19. The Morgan fingerprint density at radius 3 is 2.88 bits per heavy atom. The Bertz CT molecular complexity index is 1190. The van der Waals surface area contributed by atoms with E-state index in [9.17, 15) is 19.5 Å². The number of nitrogens with one attached hydrogen (secondary N) is 1. The van der Waals surface area contributed by atoms with Crippen LogP contribution in [0.3, 0.4) is 0 Å². The molecule has 0 aromatic carbocycles. The van der Waals surface area contributed by atoms with E-state index in [1.165, 1.54) is 40.0 Å². The number of hydrogen-bond donors (Lipinski definition) is 3. The Balaban J connectivity index is 1.31. The molecule has 12 nitrogen and oxygen atoms in total. The predicted molar refractivity (Wildman–Crippen MR) is 127 cm³/mol. The smallest absolute Gasteiger partial charge is 0.352 e. The van der Waals surface area contributed by atoms with Crippen LogP contribution in [0.25, 0.3) is 0 Å². The van der Waals surface area contributed by atoms with Gasteiger partial charge < -0.3 is 21.0 Å². The van der Waals surface area contributed by atoms with E-state index in [0.717, 1.165) is 28.4 Å². The average molecular weight is 540 g/mol. The van der Waals surface area contributed by atoms with Crippen LogP contribution >= 0.6 is 46.4 Å². The molecule has 0 spiro atoms. The quantitative estimate of drug-likeness (QED) is 0.179. The fourth-order valence-electron chi connectivity index (χ4n) is 3.29. The van der Waals surface area contributed by atoms with E-state index in [0.29, 0.717) is 17.1 Å². The predicted octanol–water partition coefficient (Wildman–Crippen LogP) is 0.991. The Morgan fingerprint density at radius 2 is 2.24 bits per heavy atom. The van der Waals surface area contributed by atoms with Gasteiger partial charge in [0.25, 0.3) is 11.8 Å². The zero-order chi connectivity index (χ0) is 23.8. The second-order valence-corrected chi connectivity index (χ2v) is 11.5. The van der Waals surface area contributed by atoms with Crippen molar-refractivity contribution in [3.8, 4) is 0 Å². The maximum atomic E-state index is 13.0. The number of β-lactam (4-membered cyclic amide) rings is 1. The van der Waals surface area contributed by atoms with Crippen molar-refractivity contribution in [2.75, 3.05) is 17.2 Å². The van der Waals surface area contributed by atoms with E-state index in [1.54, 1.807) is 11.6 Å². The molecule has 178 valence electrons. The first-order valence-electron chi connectivity index (χ1n) is 9.98. The minimum absolute atomic E-state index is 0.0335. The molecule has 34 heavy (non-hydrogen) atoms. The highest BCUT2D eigenvalue weighted by molar-refractivity contribution is 8.01. The van der Waals surface area contributed by atoms with Crippen molar-refractivity contribution >= 4 is 75.0 Å². The fraction of sp³-hybridized carbons (Fsp3) is 0.389. The number of carbonyl (C=O) groups is 3.